The Hall–Kier alpha value is -1.13. The molecule has 0 radical (unpaired) electrons. The van der Waals surface area contributed by atoms with Crippen molar-refractivity contribution < 1.29 is 4.42 Å². The molecule has 0 aliphatic heterocycles. The van der Waals surface area contributed by atoms with Gasteiger partial charge in [0.2, 0.25) is 0 Å². The molecule has 0 aliphatic carbocycles. The number of hydrogen-bond donors (Lipinski definition) is 1. The minimum atomic E-state index is 0.483. The fourth-order valence-electron chi connectivity index (χ4n) is 1.60. The molecule has 0 aromatic carbocycles. The van der Waals surface area contributed by atoms with E-state index in [9.17, 15) is 0 Å². The maximum absolute atomic E-state index is 6.01. The van der Waals surface area contributed by atoms with Crippen LogP contribution >= 0.6 is 23.4 Å². The van der Waals surface area contributed by atoms with Crippen molar-refractivity contribution in [1.82, 2.24) is 4.98 Å². The molecule has 2 aromatic rings. The van der Waals surface area contributed by atoms with Crippen LogP contribution < -0.4 is 5.32 Å². The molecule has 3 nitrogen and oxygen atoms in total. The Kier molecular flexibility index (Phi) is 4.55. The first kappa shape index (κ1) is 13.3. The predicted molar refractivity (Wildman–Crippen MR) is 77.2 cm³/mol. The minimum absolute atomic E-state index is 0.483. The molecular formula is C13H15ClN2OS. The molecule has 1 N–H and O–H groups in total. The number of anilines is 1. The van der Waals surface area contributed by atoms with Crippen LogP contribution in [0.5, 0.6) is 0 Å². The van der Waals surface area contributed by atoms with E-state index in [0.717, 1.165) is 28.5 Å². The van der Waals surface area contributed by atoms with E-state index in [-0.39, 0.29) is 0 Å². The summed E-state index contributed by atoms with van der Waals surface area (Å²) >= 11 is 7.75. The first-order chi connectivity index (χ1) is 8.69. The van der Waals surface area contributed by atoms with E-state index in [1.807, 2.05) is 25.1 Å². The summed E-state index contributed by atoms with van der Waals surface area (Å²) in [5.41, 5.74) is 1.91. The molecule has 2 rings (SSSR count). The number of pyridine rings is 1. The van der Waals surface area contributed by atoms with Gasteiger partial charge in [0.25, 0.3) is 0 Å². The Morgan fingerprint density at radius 3 is 2.94 bits per heavy atom. The number of aromatic nitrogens is 1. The van der Waals surface area contributed by atoms with Gasteiger partial charge in [0.15, 0.2) is 5.15 Å². The number of furan rings is 1. The maximum atomic E-state index is 6.01. The molecule has 0 atom stereocenters. The van der Waals surface area contributed by atoms with Crippen molar-refractivity contribution in [3.8, 4) is 0 Å². The quantitative estimate of drug-likeness (QED) is 0.838. The molecule has 0 bridgehead atoms. The fourth-order valence-corrected chi connectivity index (χ4v) is 2.21. The highest BCUT2D eigenvalue weighted by Crippen LogP contribution is 2.21. The van der Waals surface area contributed by atoms with Crippen molar-refractivity contribution in [3.63, 3.8) is 0 Å². The minimum Gasteiger partial charge on any atom is -0.463 e. The first-order valence-electron chi connectivity index (χ1n) is 5.61. The molecule has 0 spiro atoms. The van der Waals surface area contributed by atoms with E-state index in [2.05, 4.69) is 16.6 Å². The Balaban J connectivity index is 1.99. The standard InChI is InChI=1S/C13H15ClN2OS/c1-9-5-12(13(14)16-6-9)15-7-10-3-4-11(17-10)8-18-2/h3-6,15H,7-8H2,1-2H3. The zero-order valence-corrected chi connectivity index (χ0v) is 11.9. The highest BCUT2D eigenvalue weighted by Gasteiger charge is 2.04. The molecule has 18 heavy (non-hydrogen) atoms. The van der Waals surface area contributed by atoms with Gasteiger partial charge < -0.3 is 9.73 Å². The Morgan fingerprint density at radius 2 is 2.17 bits per heavy atom. The zero-order chi connectivity index (χ0) is 13.0. The maximum Gasteiger partial charge on any atom is 0.152 e. The third-order valence-corrected chi connectivity index (χ3v) is 3.31. The van der Waals surface area contributed by atoms with Crippen LogP contribution in [0.1, 0.15) is 17.1 Å². The lowest BCUT2D eigenvalue weighted by Gasteiger charge is -2.06. The van der Waals surface area contributed by atoms with Gasteiger partial charge in [-0.3, -0.25) is 0 Å². The number of thioether (sulfide) groups is 1. The van der Waals surface area contributed by atoms with Crippen LogP contribution in [-0.2, 0) is 12.3 Å². The average Bonchev–Trinajstić information content (AvgIpc) is 2.79. The van der Waals surface area contributed by atoms with Gasteiger partial charge in [-0.15, -0.1) is 0 Å². The van der Waals surface area contributed by atoms with E-state index in [1.54, 1.807) is 18.0 Å². The SMILES string of the molecule is CSCc1ccc(CNc2cc(C)cnc2Cl)o1. The van der Waals surface area contributed by atoms with Gasteiger partial charge >= 0.3 is 0 Å². The van der Waals surface area contributed by atoms with E-state index in [1.165, 1.54) is 0 Å². The van der Waals surface area contributed by atoms with Crippen LogP contribution in [0.15, 0.2) is 28.8 Å². The van der Waals surface area contributed by atoms with Crippen molar-refractivity contribution in [2.24, 2.45) is 0 Å². The Morgan fingerprint density at radius 1 is 1.39 bits per heavy atom. The van der Waals surface area contributed by atoms with E-state index in [0.29, 0.717) is 11.7 Å². The molecule has 5 heteroatoms. The summed E-state index contributed by atoms with van der Waals surface area (Å²) in [7, 11) is 0. The third-order valence-electron chi connectivity index (χ3n) is 2.43. The lowest BCUT2D eigenvalue weighted by atomic mass is 10.3. The number of hydrogen-bond acceptors (Lipinski definition) is 4. The van der Waals surface area contributed by atoms with Crippen LogP contribution in [0.3, 0.4) is 0 Å². The van der Waals surface area contributed by atoms with Crippen LogP contribution in [-0.4, -0.2) is 11.2 Å². The molecule has 0 amide bonds. The molecule has 0 saturated carbocycles. The zero-order valence-electron chi connectivity index (χ0n) is 10.4. The number of rotatable bonds is 5. The average molecular weight is 283 g/mol. The number of nitrogens with one attached hydrogen (secondary N) is 1. The van der Waals surface area contributed by atoms with Gasteiger partial charge in [0.1, 0.15) is 11.5 Å². The van der Waals surface area contributed by atoms with Crippen LogP contribution in [0.2, 0.25) is 5.15 Å². The van der Waals surface area contributed by atoms with Gasteiger partial charge in [-0.05, 0) is 36.9 Å². The summed E-state index contributed by atoms with van der Waals surface area (Å²) in [4.78, 5) is 4.09. The van der Waals surface area contributed by atoms with Crippen molar-refractivity contribution >= 4 is 29.1 Å². The summed E-state index contributed by atoms with van der Waals surface area (Å²) in [5.74, 6) is 2.79. The molecule has 2 heterocycles. The summed E-state index contributed by atoms with van der Waals surface area (Å²) in [6.07, 6.45) is 3.80. The predicted octanol–water partition coefficient (Wildman–Crippen LogP) is 4.11. The highest BCUT2D eigenvalue weighted by atomic mass is 35.5. The highest BCUT2D eigenvalue weighted by molar-refractivity contribution is 7.97. The second-order valence-corrected chi connectivity index (χ2v) is 5.23. The first-order valence-corrected chi connectivity index (χ1v) is 7.39. The van der Waals surface area contributed by atoms with Crippen LogP contribution in [0.4, 0.5) is 5.69 Å². The normalized spacial score (nSPS) is 10.6. The summed E-state index contributed by atoms with van der Waals surface area (Å²) < 4.78 is 5.67. The van der Waals surface area contributed by atoms with Gasteiger partial charge in [-0.25, -0.2) is 4.98 Å². The summed E-state index contributed by atoms with van der Waals surface area (Å²) in [6, 6.07) is 5.96. The summed E-state index contributed by atoms with van der Waals surface area (Å²) in [5, 5.41) is 3.71. The molecule has 0 aliphatic rings. The van der Waals surface area contributed by atoms with Crippen LogP contribution in [0, 0.1) is 6.92 Å². The van der Waals surface area contributed by atoms with E-state index < -0.39 is 0 Å². The van der Waals surface area contributed by atoms with Gasteiger partial charge in [0, 0.05) is 6.20 Å². The Bertz CT molecular complexity index is 527. The molecule has 2 aromatic heterocycles. The van der Waals surface area contributed by atoms with Crippen molar-refractivity contribution in [2.45, 2.75) is 19.2 Å². The largest absolute Gasteiger partial charge is 0.463 e. The Labute approximate surface area is 116 Å². The molecule has 0 fully saturated rings. The monoisotopic (exact) mass is 282 g/mol. The number of halogens is 1. The second kappa shape index (κ2) is 6.16. The number of nitrogens with zero attached hydrogens (tertiary/aromatic N) is 1. The number of aryl methyl sites for hydroxylation is 1. The van der Waals surface area contributed by atoms with Crippen molar-refractivity contribution in [2.75, 3.05) is 11.6 Å². The van der Waals surface area contributed by atoms with Crippen LogP contribution in [0.25, 0.3) is 0 Å². The molecule has 0 unspecified atom stereocenters. The fraction of sp³-hybridized carbons (Fsp3) is 0.308. The van der Waals surface area contributed by atoms with E-state index >= 15 is 0 Å². The van der Waals surface area contributed by atoms with Crippen molar-refractivity contribution in [3.05, 3.63) is 46.6 Å². The molecule has 0 saturated heterocycles. The summed E-state index contributed by atoms with van der Waals surface area (Å²) in [6.45, 7) is 2.59. The molecular weight excluding hydrogens is 268 g/mol. The van der Waals surface area contributed by atoms with E-state index in [4.69, 9.17) is 16.0 Å². The van der Waals surface area contributed by atoms with Gasteiger partial charge in [-0.2, -0.15) is 11.8 Å². The third kappa shape index (κ3) is 3.43. The van der Waals surface area contributed by atoms with Gasteiger partial charge in [0.05, 0.1) is 18.0 Å². The second-order valence-electron chi connectivity index (χ2n) is 4.01. The van der Waals surface area contributed by atoms with Crippen molar-refractivity contribution in [1.29, 1.82) is 0 Å². The lowest BCUT2D eigenvalue weighted by Crippen LogP contribution is -2.00. The molecule has 96 valence electrons. The lowest BCUT2D eigenvalue weighted by molar-refractivity contribution is 0.487. The van der Waals surface area contributed by atoms with Gasteiger partial charge in [-0.1, -0.05) is 11.6 Å². The smallest absolute Gasteiger partial charge is 0.152 e. The topological polar surface area (TPSA) is 38.1 Å².